The molecule has 2 aromatic heterocycles. The Morgan fingerprint density at radius 3 is 2.64 bits per heavy atom. The van der Waals surface area contributed by atoms with Crippen LogP contribution in [0, 0.1) is 12.7 Å². The van der Waals surface area contributed by atoms with E-state index in [0.29, 0.717) is 16.8 Å². The molecule has 0 aliphatic carbocycles. The zero-order chi connectivity index (χ0) is 18.1. The third kappa shape index (κ3) is 3.78. The fourth-order valence-corrected chi connectivity index (χ4v) is 3.34. The van der Waals surface area contributed by atoms with E-state index in [1.54, 1.807) is 41.7 Å². The summed E-state index contributed by atoms with van der Waals surface area (Å²) in [6, 6.07) is 5.91. The van der Waals surface area contributed by atoms with Gasteiger partial charge in [0, 0.05) is 18.8 Å². The number of halogens is 3. The van der Waals surface area contributed by atoms with Gasteiger partial charge in [0.2, 0.25) is 0 Å². The number of imidazole rings is 1. The van der Waals surface area contributed by atoms with Gasteiger partial charge in [-0.05, 0) is 30.9 Å². The van der Waals surface area contributed by atoms with Gasteiger partial charge in [-0.1, -0.05) is 29.3 Å². The molecule has 2 N–H and O–H groups in total. The molecule has 132 valence electrons. The van der Waals surface area contributed by atoms with Gasteiger partial charge in [0.15, 0.2) is 0 Å². The molecule has 5 nitrogen and oxygen atoms in total. The quantitative estimate of drug-likeness (QED) is 0.603. The lowest BCUT2D eigenvalue weighted by Crippen LogP contribution is -2.15. The number of hydrogen-bond donors (Lipinski definition) is 2. The van der Waals surface area contributed by atoms with Crippen molar-refractivity contribution < 1.29 is 4.39 Å². The highest BCUT2D eigenvalue weighted by Gasteiger charge is 2.21. The number of thioether (sulfide) groups is 1. The van der Waals surface area contributed by atoms with Crippen LogP contribution < -0.4 is 5.32 Å². The Bertz CT molecular complexity index is 889. The number of aromatic amines is 1. The van der Waals surface area contributed by atoms with E-state index in [-0.39, 0.29) is 11.1 Å². The maximum Gasteiger partial charge on any atom is 0.150 e. The molecule has 2 heterocycles. The molecule has 3 rings (SSSR count). The van der Waals surface area contributed by atoms with Gasteiger partial charge < -0.3 is 10.3 Å². The van der Waals surface area contributed by atoms with E-state index in [1.807, 2.05) is 13.2 Å². The van der Waals surface area contributed by atoms with Crippen molar-refractivity contribution in [2.45, 2.75) is 18.0 Å². The van der Waals surface area contributed by atoms with Crippen LogP contribution in [0.1, 0.15) is 23.1 Å². The number of nitrogens with one attached hydrogen (secondary N) is 2. The summed E-state index contributed by atoms with van der Waals surface area (Å²) in [7, 11) is 1.75. The number of rotatable bonds is 5. The number of H-pyrrole nitrogens is 1. The number of hydrogen-bond acceptors (Lipinski definition) is 4. The molecule has 1 unspecified atom stereocenters. The second-order valence-electron chi connectivity index (χ2n) is 5.48. The van der Waals surface area contributed by atoms with Crippen molar-refractivity contribution in [1.29, 1.82) is 0 Å². The SMILES string of the molecule is CSc1nc(C(Nc2cc(Cl)n(C)n2)c2ccc(F)c(Cl)c2)[nH]c1C. The van der Waals surface area contributed by atoms with Crippen LogP contribution in [0.4, 0.5) is 10.2 Å². The number of nitrogens with zero attached hydrogens (tertiary/aromatic N) is 3. The maximum atomic E-state index is 13.6. The Morgan fingerprint density at radius 1 is 1.32 bits per heavy atom. The molecular formula is C16H16Cl2FN5S. The van der Waals surface area contributed by atoms with E-state index in [9.17, 15) is 4.39 Å². The second kappa shape index (κ2) is 7.27. The van der Waals surface area contributed by atoms with Crippen molar-refractivity contribution in [3.8, 4) is 0 Å². The van der Waals surface area contributed by atoms with E-state index in [0.717, 1.165) is 16.3 Å². The van der Waals surface area contributed by atoms with E-state index in [2.05, 4.69) is 20.4 Å². The summed E-state index contributed by atoms with van der Waals surface area (Å²) < 4.78 is 15.1. The van der Waals surface area contributed by atoms with E-state index in [1.165, 1.54) is 6.07 Å². The minimum absolute atomic E-state index is 0.0525. The lowest BCUT2D eigenvalue weighted by Gasteiger charge is -2.17. The van der Waals surface area contributed by atoms with Crippen molar-refractivity contribution >= 4 is 40.8 Å². The zero-order valence-electron chi connectivity index (χ0n) is 13.8. The van der Waals surface area contributed by atoms with Crippen LogP contribution in [-0.4, -0.2) is 26.0 Å². The summed E-state index contributed by atoms with van der Waals surface area (Å²) >= 11 is 13.6. The van der Waals surface area contributed by atoms with E-state index < -0.39 is 5.82 Å². The lowest BCUT2D eigenvalue weighted by molar-refractivity contribution is 0.627. The molecule has 0 aliphatic heterocycles. The molecule has 3 aromatic rings. The fraction of sp³-hybridized carbons (Fsp3) is 0.250. The Labute approximate surface area is 158 Å². The summed E-state index contributed by atoms with van der Waals surface area (Å²) in [6.07, 6.45) is 1.96. The van der Waals surface area contributed by atoms with Gasteiger partial charge in [-0.15, -0.1) is 11.8 Å². The first-order valence-corrected chi connectivity index (χ1v) is 9.38. The van der Waals surface area contributed by atoms with Crippen LogP contribution in [-0.2, 0) is 7.05 Å². The molecule has 0 bridgehead atoms. The van der Waals surface area contributed by atoms with Crippen molar-refractivity contribution in [3.63, 3.8) is 0 Å². The van der Waals surface area contributed by atoms with E-state index >= 15 is 0 Å². The zero-order valence-corrected chi connectivity index (χ0v) is 16.1. The summed E-state index contributed by atoms with van der Waals surface area (Å²) in [5.41, 5.74) is 1.72. The highest BCUT2D eigenvalue weighted by molar-refractivity contribution is 7.98. The molecule has 0 fully saturated rings. The molecule has 1 aromatic carbocycles. The summed E-state index contributed by atoms with van der Waals surface area (Å²) in [4.78, 5) is 7.89. The number of aromatic nitrogens is 4. The fourth-order valence-electron chi connectivity index (χ4n) is 2.47. The molecule has 0 aliphatic rings. The van der Waals surface area contributed by atoms with Gasteiger partial charge >= 0.3 is 0 Å². The molecule has 0 amide bonds. The predicted molar refractivity (Wildman–Crippen MR) is 100 cm³/mol. The van der Waals surface area contributed by atoms with Gasteiger partial charge in [-0.3, -0.25) is 4.68 Å². The Morgan fingerprint density at radius 2 is 2.08 bits per heavy atom. The minimum Gasteiger partial charge on any atom is -0.355 e. The first kappa shape index (κ1) is 18.1. The standard InChI is InChI=1S/C16H16Cl2FN5S/c1-8-16(25-3)22-15(20-8)14(9-4-5-11(19)10(17)6-9)21-13-7-12(18)24(2)23-13/h4-7,14H,1-3H3,(H,20,22)(H,21,23). The van der Waals surface area contributed by atoms with Gasteiger partial charge in [0.05, 0.1) is 5.02 Å². The van der Waals surface area contributed by atoms with Crippen molar-refractivity contribution in [2.24, 2.45) is 7.05 Å². The number of benzene rings is 1. The third-order valence-electron chi connectivity index (χ3n) is 3.72. The Balaban J connectivity index is 2.04. The van der Waals surface area contributed by atoms with Gasteiger partial charge in [0.1, 0.15) is 33.7 Å². The van der Waals surface area contributed by atoms with Crippen LogP contribution in [0.5, 0.6) is 0 Å². The summed E-state index contributed by atoms with van der Waals surface area (Å²) in [5.74, 6) is 0.800. The van der Waals surface area contributed by atoms with E-state index in [4.69, 9.17) is 23.2 Å². The topological polar surface area (TPSA) is 58.5 Å². The first-order valence-electron chi connectivity index (χ1n) is 7.40. The largest absolute Gasteiger partial charge is 0.355 e. The normalized spacial score (nSPS) is 12.4. The molecule has 9 heteroatoms. The molecule has 0 spiro atoms. The van der Waals surface area contributed by atoms with Crippen LogP contribution in [0.3, 0.4) is 0 Å². The average molecular weight is 400 g/mol. The van der Waals surface area contributed by atoms with Crippen LogP contribution in [0.15, 0.2) is 29.3 Å². The Kier molecular flexibility index (Phi) is 5.27. The Hall–Kier alpha value is -1.70. The molecule has 0 saturated heterocycles. The molecule has 0 radical (unpaired) electrons. The summed E-state index contributed by atoms with van der Waals surface area (Å²) in [6.45, 7) is 1.95. The number of aryl methyl sites for hydroxylation is 2. The number of anilines is 1. The van der Waals surface area contributed by atoms with Crippen LogP contribution in [0.2, 0.25) is 10.2 Å². The van der Waals surface area contributed by atoms with Crippen molar-refractivity contribution in [3.05, 3.63) is 57.3 Å². The molecule has 1 atom stereocenters. The first-order chi connectivity index (χ1) is 11.9. The van der Waals surface area contributed by atoms with Crippen molar-refractivity contribution in [2.75, 3.05) is 11.6 Å². The smallest absolute Gasteiger partial charge is 0.150 e. The monoisotopic (exact) mass is 399 g/mol. The third-order valence-corrected chi connectivity index (χ3v) is 5.14. The molecular weight excluding hydrogens is 384 g/mol. The molecule has 25 heavy (non-hydrogen) atoms. The minimum atomic E-state index is -0.467. The highest BCUT2D eigenvalue weighted by atomic mass is 35.5. The highest BCUT2D eigenvalue weighted by Crippen LogP contribution is 2.30. The van der Waals surface area contributed by atoms with Crippen LogP contribution >= 0.6 is 35.0 Å². The van der Waals surface area contributed by atoms with Crippen LogP contribution in [0.25, 0.3) is 0 Å². The summed E-state index contributed by atoms with van der Waals surface area (Å²) in [5, 5.41) is 9.04. The second-order valence-corrected chi connectivity index (χ2v) is 7.07. The predicted octanol–water partition coefficient (Wildman–Crippen LogP) is 4.82. The molecule has 0 saturated carbocycles. The lowest BCUT2D eigenvalue weighted by atomic mass is 10.1. The maximum absolute atomic E-state index is 13.6. The van der Waals surface area contributed by atoms with Crippen molar-refractivity contribution in [1.82, 2.24) is 19.7 Å². The van der Waals surface area contributed by atoms with Gasteiger partial charge in [0.25, 0.3) is 0 Å². The van der Waals surface area contributed by atoms with Gasteiger partial charge in [-0.25, -0.2) is 9.37 Å². The van der Waals surface area contributed by atoms with Gasteiger partial charge in [-0.2, -0.15) is 5.10 Å². The average Bonchev–Trinajstić information content (AvgIpc) is 3.10.